The number of aromatic amines is 1. The maximum Gasteiger partial charge on any atom is 0.262 e. The van der Waals surface area contributed by atoms with Gasteiger partial charge in [-0.1, -0.05) is 49.1 Å². The Labute approximate surface area is 150 Å². The highest BCUT2D eigenvalue weighted by molar-refractivity contribution is 6.33. The number of benzene rings is 1. The molecule has 0 saturated heterocycles. The first-order valence-electron chi connectivity index (χ1n) is 8.63. The average Bonchev–Trinajstić information content (AvgIpc) is 2.62. The van der Waals surface area contributed by atoms with Gasteiger partial charge in [0.25, 0.3) is 5.56 Å². The molecule has 0 spiro atoms. The van der Waals surface area contributed by atoms with Gasteiger partial charge in [0.15, 0.2) is 5.65 Å². The maximum absolute atomic E-state index is 12.7. The number of halogens is 1. The quantitative estimate of drug-likeness (QED) is 0.732. The van der Waals surface area contributed by atoms with Gasteiger partial charge < -0.3 is 5.32 Å². The molecule has 4 rings (SSSR count). The Morgan fingerprint density at radius 3 is 2.68 bits per heavy atom. The molecule has 0 unspecified atom stereocenters. The molecule has 25 heavy (non-hydrogen) atoms. The van der Waals surface area contributed by atoms with Gasteiger partial charge in [0.05, 0.1) is 5.39 Å². The van der Waals surface area contributed by atoms with Gasteiger partial charge in [-0.15, -0.1) is 0 Å². The molecule has 2 N–H and O–H groups in total. The number of pyridine rings is 1. The molecule has 1 fully saturated rings. The molecule has 6 heteroatoms. The molecule has 0 aliphatic heterocycles. The number of H-pyrrole nitrogens is 1. The summed E-state index contributed by atoms with van der Waals surface area (Å²) in [5.74, 6) is 0.494. The Hall–Kier alpha value is -2.40. The van der Waals surface area contributed by atoms with Crippen LogP contribution in [0.2, 0.25) is 5.02 Å². The SMILES string of the molecule is O=c1[nH]c(NC2CCCCC2)nc2nccc(-c3ccccc3Cl)c12. The predicted molar refractivity (Wildman–Crippen MR) is 101 cm³/mol. The normalized spacial score (nSPS) is 15.4. The molecule has 2 heterocycles. The van der Waals surface area contributed by atoms with E-state index in [1.165, 1.54) is 19.3 Å². The van der Waals surface area contributed by atoms with Crippen LogP contribution in [-0.2, 0) is 0 Å². The third-order valence-electron chi connectivity index (χ3n) is 4.72. The number of hydrogen-bond acceptors (Lipinski definition) is 4. The summed E-state index contributed by atoms with van der Waals surface area (Å²) in [4.78, 5) is 24.4. The van der Waals surface area contributed by atoms with Crippen LogP contribution in [0.25, 0.3) is 22.2 Å². The summed E-state index contributed by atoms with van der Waals surface area (Å²) in [5.41, 5.74) is 1.77. The van der Waals surface area contributed by atoms with Crippen LogP contribution in [0, 0.1) is 0 Å². The van der Waals surface area contributed by atoms with Crippen LogP contribution in [-0.4, -0.2) is 21.0 Å². The zero-order valence-corrected chi connectivity index (χ0v) is 14.5. The fraction of sp³-hybridized carbons (Fsp3) is 0.316. The van der Waals surface area contributed by atoms with Crippen LogP contribution < -0.4 is 10.9 Å². The second-order valence-electron chi connectivity index (χ2n) is 6.43. The van der Waals surface area contributed by atoms with Crippen molar-refractivity contribution in [1.82, 2.24) is 15.0 Å². The van der Waals surface area contributed by atoms with Crippen LogP contribution in [0.3, 0.4) is 0 Å². The summed E-state index contributed by atoms with van der Waals surface area (Å²) in [6.07, 6.45) is 7.58. The van der Waals surface area contributed by atoms with Crippen molar-refractivity contribution in [2.24, 2.45) is 0 Å². The van der Waals surface area contributed by atoms with Gasteiger partial charge in [-0.25, -0.2) is 4.98 Å². The van der Waals surface area contributed by atoms with E-state index in [-0.39, 0.29) is 5.56 Å². The molecular formula is C19H19ClN4O. The number of nitrogens with zero attached hydrogens (tertiary/aromatic N) is 2. The van der Waals surface area contributed by atoms with E-state index in [1.54, 1.807) is 12.3 Å². The van der Waals surface area contributed by atoms with Crippen LogP contribution in [0.1, 0.15) is 32.1 Å². The average molecular weight is 355 g/mol. The lowest BCUT2D eigenvalue weighted by atomic mass is 9.96. The van der Waals surface area contributed by atoms with E-state index >= 15 is 0 Å². The second kappa shape index (κ2) is 6.84. The molecule has 0 radical (unpaired) electrons. The standard InChI is InChI=1S/C19H19ClN4O/c20-15-9-5-4-8-13(15)14-10-11-21-17-16(14)18(25)24-19(23-17)22-12-6-2-1-3-7-12/h4-5,8-12H,1-3,6-7H2,(H2,21,22,23,24,25). The topological polar surface area (TPSA) is 70.7 Å². The fourth-order valence-electron chi connectivity index (χ4n) is 3.48. The number of rotatable bonds is 3. The Morgan fingerprint density at radius 1 is 1.08 bits per heavy atom. The summed E-state index contributed by atoms with van der Waals surface area (Å²) < 4.78 is 0. The molecule has 3 aromatic rings. The molecular weight excluding hydrogens is 336 g/mol. The molecule has 0 atom stereocenters. The van der Waals surface area contributed by atoms with Crippen molar-refractivity contribution in [3.05, 3.63) is 51.9 Å². The predicted octanol–water partition coefficient (Wildman–Crippen LogP) is 4.38. The molecule has 1 aliphatic rings. The molecule has 128 valence electrons. The number of anilines is 1. The lowest BCUT2D eigenvalue weighted by Gasteiger charge is -2.22. The van der Waals surface area contributed by atoms with E-state index in [9.17, 15) is 4.79 Å². The number of fused-ring (bicyclic) bond motifs is 1. The number of aromatic nitrogens is 3. The maximum atomic E-state index is 12.7. The Bertz CT molecular complexity index is 963. The molecule has 1 aliphatic carbocycles. The Morgan fingerprint density at radius 2 is 1.88 bits per heavy atom. The van der Waals surface area contributed by atoms with Crippen LogP contribution in [0.5, 0.6) is 0 Å². The first-order chi connectivity index (χ1) is 12.2. The van der Waals surface area contributed by atoms with Gasteiger partial charge >= 0.3 is 0 Å². The van der Waals surface area contributed by atoms with E-state index in [4.69, 9.17) is 11.6 Å². The van der Waals surface area contributed by atoms with Crippen molar-refractivity contribution >= 4 is 28.6 Å². The van der Waals surface area contributed by atoms with Gasteiger partial charge in [0.2, 0.25) is 5.95 Å². The summed E-state index contributed by atoms with van der Waals surface area (Å²) >= 11 is 6.31. The van der Waals surface area contributed by atoms with Crippen LogP contribution >= 0.6 is 11.6 Å². The van der Waals surface area contributed by atoms with Gasteiger partial charge in [0.1, 0.15) is 0 Å². The molecule has 2 aromatic heterocycles. The van der Waals surface area contributed by atoms with Crippen molar-refractivity contribution in [3.63, 3.8) is 0 Å². The minimum absolute atomic E-state index is 0.202. The summed E-state index contributed by atoms with van der Waals surface area (Å²) in [7, 11) is 0. The van der Waals surface area contributed by atoms with Crippen molar-refractivity contribution in [2.45, 2.75) is 38.1 Å². The number of hydrogen-bond donors (Lipinski definition) is 2. The smallest absolute Gasteiger partial charge is 0.262 e. The summed E-state index contributed by atoms with van der Waals surface area (Å²) in [6, 6.07) is 9.63. The lowest BCUT2D eigenvalue weighted by Crippen LogP contribution is -2.25. The van der Waals surface area contributed by atoms with Gasteiger partial charge in [-0.2, -0.15) is 4.98 Å². The first kappa shape index (κ1) is 16.1. The summed E-state index contributed by atoms with van der Waals surface area (Å²) in [6.45, 7) is 0. The van der Waals surface area contributed by atoms with Gasteiger partial charge in [-0.05, 0) is 25.0 Å². The highest BCUT2D eigenvalue weighted by Gasteiger charge is 2.16. The van der Waals surface area contributed by atoms with E-state index in [0.717, 1.165) is 24.0 Å². The molecule has 1 aromatic carbocycles. The third-order valence-corrected chi connectivity index (χ3v) is 5.05. The zero-order chi connectivity index (χ0) is 17.2. The minimum atomic E-state index is -0.202. The van der Waals surface area contributed by atoms with Crippen molar-refractivity contribution in [3.8, 4) is 11.1 Å². The largest absolute Gasteiger partial charge is 0.353 e. The third kappa shape index (κ3) is 3.24. The second-order valence-corrected chi connectivity index (χ2v) is 6.84. The molecule has 0 bridgehead atoms. The van der Waals surface area contributed by atoms with E-state index in [1.807, 2.05) is 24.3 Å². The van der Waals surface area contributed by atoms with E-state index < -0.39 is 0 Å². The summed E-state index contributed by atoms with van der Waals surface area (Å²) in [5, 5.41) is 4.41. The number of nitrogens with one attached hydrogen (secondary N) is 2. The zero-order valence-electron chi connectivity index (χ0n) is 13.8. The van der Waals surface area contributed by atoms with Gasteiger partial charge in [0, 0.05) is 28.4 Å². The highest BCUT2D eigenvalue weighted by atomic mass is 35.5. The lowest BCUT2D eigenvalue weighted by molar-refractivity contribution is 0.461. The van der Waals surface area contributed by atoms with Crippen molar-refractivity contribution in [1.29, 1.82) is 0 Å². The fourth-order valence-corrected chi connectivity index (χ4v) is 3.71. The Kier molecular flexibility index (Phi) is 4.40. The monoisotopic (exact) mass is 354 g/mol. The van der Waals surface area contributed by atoms with Crippen molar-refractivity contribution in [2.75, 3.05) is 5.32 Å². The minimum Gasteiger partial charge on any atom is -0.353 e. The van der Waals surface area contributed by atoms with E-state index in [2.05, 4.69) is 20.3 Å². The Balaban J connectivity index is 1.78. The molecule has 5 nitrogen and oxygen atoms in total. The molecule has 1 saturated carbocycles. The van der Waals surface area contributed by atoms with Gasteiger partial charge in [-0.3, -0.25) is 9.78 Å². The first-order valence-corrected chi connectivity index (χ1v) is 9.00. The van der Waals surface area contributed by atoms with E-state index in [0.29, 0.717) is 28.0 Å². The van der Waals surface area contributed by atoms with Crippen LogP contribution in [0.4, 0.5) is 5.95 Å². The molecule has 0 amide bonds. The van der Waals surface area contributed by atoms with Crippen molar-refractivity contribution < 1.29 is 0 Å². The highest BCUT2D eigenvalue weighted by Crippen LogP contribution is 2.30. The van der Waals surface area contributed by atoms with Crippen LogP contribution in [0.15, 0.2) is 41.3 Å².